The van der Waals surface area contributed by atoms with Crippen molar-refractivity contribution in [2.45, 2.75) is 0 Å². The van der Waals surface area contributed by atoms with Crippen molar-refractivity contribution in [3.8, 4) is 50.7 Å². The molecule has 0 radical (unpaired) electrons. The lowest BCUT2D eigenvalue weighted by Gasteiger charge is -2.12. The molecular weight excluding hydrogens is 827 g/mol. The number of aromatic nitrogens is 3. The van der Waals surface area contributed by atoms with Crippen molar-refractivity contribution in [2.75, 3.05) is 0 Å². The van der Waals surface area contributed by atoms with Gasteiger partial charge in [-0.2, -0.15) is 0 Å². The van der Waals surface area contributed by atoms with Crippen LogP contribution in [-0.2, 0) is 0 Å². The van der Waals surface area contributed by atoms with E-state index in [-0.39, 0.29) is 0 Å². The van der Waals surface area contributed by atoms with E-state index in [2.05, 4.69) is 217 Å². The maximum absolute atomic E-state index is 5.34. The maximum Gasteiger partial charge on any atom is 0.160 e. The van der Waals surface area contributed by atoms with Crippen LogP contribution >= 0.6 is 22.7 Å². The summed E-state index contributed by atoms with van der Waals surface area (Å²) >= 11 is 3.73. The summed E-state index contributed by atoms with van der Waals surface area (Å²) in [5.74, 6) is 0.710. The molecule has 14 aromatic rings. The summed E-state index contributed by atoms with van der Waals surface area (Å²) in [5.41, 5.74) is 11.0. The molecule has 0 unspecified atom stereocenters. The largest absolute Gasteiger partial charge is 0.309 e. The third kappa shape index (κ3) is 5.66. The van der Waals surface area contributed by atoms with Gasteiger partial charge in [0.2, 0.25) is 0 Å². The number of para-hydroxylation sites is 1. The first-order chi connectivity index (χ1) is 32.2. The number of hydrogen-bond acceptors (Lipinski definition) is 4. The predicted octanol–water partition coefficient (Wildman–Crippen LogP) is 17.3. The Morgan fingerprint density at radius 1 is 0.354 bits per heavy atom. The lowest BCUT2D eigenvalue weighted by atomic mass is 9.99. The van der Waals surface area contributed by atoms with Crippen molar-refractivity contribution in [2.24, 2.45) is 0 Å². The molecule has 0 aliphatic rings. The van der Waals surface area contributed by atoms with Crippen LogP contribution in [0.4, 0.5) is 0 Å². The van der Waals surface area contributed by atoms with Gasteiger partial charge in [-0.3, -0.25) is 0 Å². The minimum atomic E-state index is 0.710. The van der Waals surface area contributed by atoms with E-state index in [1.165, 1.54) is 94.8 Å². The van der Waals surface area contributed by atoms with Crippen LogP contribution in [0.3, 0.4) is 0 Å². The fraction of sp³-hybridized carbons (Fsp3) is 0. The van der Waals surface area contributed by atoms with E-state index in [0.29, 0.717) is 5.82 Å². The Bertz CT molecular complexity index is 4230. The zero-order valence-corrected chi connectivity index (χ0v) is 36.5. The number of hydrogen-bond donors (Lipinski definition) is 0. The Morgan fingerprint density at radius 3 is 1.89 bits per heavy atom. The van der Waals surface area contributed by atoms with E-state index in [4.69, 9.17) is 9.97 Å². The minimum absolute atomic E-state index is 0.710. The molecule has 10 aromatic carbocycles. The number of benzene rings is 10. The second kappa shape index (κ2) is 14.3. The van der Waals surface area contributed by atoms with E-state index >= 15 is 0 Å². The van der Waals surface area contributed by atoms with Gasteiger partial charge in [-0.25, -0.2) is 9.97 Å². The van der Waals surface area contributed by atoms with Crippen LogP contribution in [0.25, 0.3) is 134 Å². The van der Waals surface area contributed by atoms with Gasteiger partial charge in [0.1, 0.15) is 0 Å². The highest BCUT2D eigenvalue weighted by Crippen LogP contribution is 2.48. The van der Waals surface area contributed by atoms with E-state index in [0.717, 1.165) is 33.8 Å². The molecule has 0 spiro atoms. The first kappa shape index (κ1) is 36.5. The molecule has 4 aromatic heterocycles. The van der Waals surface area contributed by atoms with Gasteiger partial charge in [-0.15, -0.1) is 22.7 Å². The van der Waals surface area contributed by atoms with E-state index < -0.39 is 0 Å². The molecule has 14 rings (SSSR count). The van der Waals surface area contributed by atoms with Crippen molar-refractivity contribution < 1.29 is 0 Å². The molecule has 5 heteroatoms. The summed E-state index contributed by atoms with van der Waals surface area (Å²) in [7, 11) is 0. The third-order valence-electron chi connectivity index (χ3n) is 13.2. The van der Waals surface area contributed by atoms with Gasteiger partial charge in [0.05, 0.1) is 22.4 Å². The van der Waals surface area contributed by atoms with Crippen LogP contribution in [0.2, 0.25) is 0 Å². The molecular formula is C60H35N3S2. The van der Waals surface area contributed by atoms with Crippen LogP contribution in [0.5, 0.6) is 0 Å². The second-order valence-corrected chi connectivity index (χ2v) is 19.0. The number of rotatable bonds is 5. The fourth-order valence-corrected chi connectivity index (χ4v) is 12.6. The molecule has 0 aliphatic heterocycles. The topological polar surface area (TPSA) is 30.7 Å². The van der Waals surface area contributed by atoms with Crippen LogP contribution in [0.1, 0.15) is 0 Å². The molecule has 0 saturated heterocycles. The molecule has 0 saturated carbocycles. The zero-order valence-electron chi connectivity index (χ0n) is 34.9. The summed E-state index contributed by atoms with van der Waals surface area (Å²) in [4.78, 5) is 10.6. The smallest absolute Gasteiger partial charge is 0.160 e. The van der Waals surface area contributed by atoms with Gasteiger partial charge < -0.3 is 4.57 Å². The fourth-order valence-electron chi connectivity index (χ4n) is 10.2. The lowest BCUT2D eigenvalue weighted by molar-refractivity contribution is 1.19. The van der Waals surface area contributed by atoms with Crippen LogP contribution in [-0.4, -0.2) is 14.5 Å². The summed E-state index contributed by atoms with van der Waals surface area (Å²) in [6.45, 7) is 0. The highest BCUT2D eigenvalue weighted by Gasteiger charge is 2.22. The quantitative estimate of drug-likeness (QED) is 0.173. The summed E-state index contributed by atoms with van der Waals surface area (Å²) in [6.07, 6.45) is 0. The number of thiophene rings is 2. The highest BCUT2D eigenvalue weighted by atomic mass is 32.1. The van der Waals surface area contributed by atoms with E-state index in [1.54, 1.807) is 0 Å². The number of fused-ring (bicyclic) bond motifs is 14. The molecule has 0 fully saturated rings. The average Bonchev–Trinajstić information content (AvgIpc) is 4.06. The van der Waals surface area contributed by atoms with E-state index in [9.17, 15) is 0 Å². The Balaban J connectivity index is 0.949. The Labute approximate surface area is 381 Å². The second-order valence-electron chi connectivity index (χ2n) is 16.8. The van der Waals surface area contributed by atoms with Crippen molar-refractivity contribution in [3.05, 3.63) is 212 Å². The third-order valence-corrected chi connectivity index (χ3v) is 15.5. The molecule has 0 bridgehead atoms. The molecule has 0 aliphatic carbocycles. The Morgan fingerprint density at radius 2 is 1.02 bits per heavy atom. The standard InChI is InChI=1S/C60H35N3S2/c1-2-13-36(14-3-1)37-25-27-39(28-26-37)50-35-51(43-22-12-16-38-15-4-5-17-42(38)43)62-60(61-50)40-29-31-44-49-34-41(30-32-54(49)64-55(44)33-40)63-52-23-10-8-20-47(52)56-45-18-6-7-19-46(45)59-57(58(56)63)48-21-9-11-24-53(48)65-59/h1-35H. The first-order valence-electron chi connectivity index (χ1n) is 22.0. The molecule has 302 valence electrons. The molecule has 0 N–H and O–H groups in total. The molecule has 65 heavy (non-hydrogen) atoms. The predicted molar refractivity (Wildman–Crippen MR) is 279 cm³/mol. The normalized spacial score (nSPS) is 12.0. The van der Waals surface area contributed by atoms with Crippen molar-refractivity contribution >= 4 is 106 Å². The van der Waals surface area contributed by atoms with Crippen LogP contribution < -0.4 is 0 Å². The van der Waals surface area contributed by atoms with Gasteiger partial charge in [-0.05, 0) is 69.8 Å². The monoisotopic (exact) mass is 861 g/mol. The average molecular weight is 862 g/mol. The van der Waals surface area contributed by atoms with Crippen molar-refractivity contribution in [3.63, 3.8) is 0 Å². The maximum atomic E-state index is 5.34. The van der Waals surface area contributed by atoms with Gasteiger partial charge in [0.15, 0.2) is 5.82 Å². The van der Waals surface area contributed by atoms with Gasteiger partial charge in [0.25, 0.3) is 0 Å². The van der Waals surface area contributed by atoms with Crippen LogP contribution in [0, 0.1) is 0 Å². The zero-order chi connectivity index (χ0) is 42.6. The molecule has 4 heterocycles. The van der Waals surface area contributed by atoms with Crippen molar-refractivity contribution in [1.29, 1.82) is 0 Å². The van der Waals surface area contributed by atoms with Gasteiger partial charge in [-0.1, -0.05) is 170 Å². The number of nitrogens with zero attached hydrogens (tertiary/aromatic N) is 3. The SMILES string of the molecule is c1ccc(-c2ccc(-c3cc(-c4cccc5ccccc45)nc(-c4ccc5c(c4)sc4ccc(-n6c7ccccc7c7c8ccccc8c8sc9ccccc9c8c76)cc45)n3)cc2)cc1. The van der Waals surface area contributed by atoms with Gasteiger partial charge >= 0.3 is 0 Å². The summed E-state index contributed by atoms with van der Waals surface area (Å²) in [5, 5.41) is 12.7. The lowest BCUT2D eigenvalue weighted by Crippen LogP contribution is -1.96. The summed E-state index contributed by atoms with van der Waals surface area (Å²) in [6, 6.07) is 77.0. The summed E-state index contributed by atoms with van der Waals surface area (Å²) < 4.78 is 7.64. The highest BCUT2D eigenvalue weighted by molar-refractivity contribution is 7.27. The minimum Gasteiger partial charge on any atom is -0.309 e. The van der Waals surface area contributed by atoms with E-state index in [1.807, 2.05) is 22.7 Å². The first-order valence-corrected chi connectivity index (χ1v) is 23.6. The Hall–Kier alpha value is -7.96. The van der Waals surface area contributed by atoms with Crippen molar-refractivity contribution in [1.82, 2.24) is 14.5 Å². The van der Waals surface area contributed by atoms with Crippen LogP contribution in [0.15, 0.2) is 212 Å². The molecule has 0 atom stereocenters. The Kier molecular flexibility index (Phi) is 8.02. The molecule has 3 nitrogen and oxygen atoms in total. The van der Waals surface area contributed by atoms with Gasteiger partial charge in [0, 0.05) is 78.9 Å². The molecule has 0 amide bonds.